The Morgan fingerprint density at radius 3 is 2.57 bits per heavy atom. The molecule has 0 spiro atoms. The highest BCUT2D eigenvalue weighted by molar-refractivity contribution is 5.95. The number of nitrogens with one attached hydrogen (secondary N) is 1. The molecule has 1 aromatic rings. The molecule has 3 heteroatoms. The summed E-state index contributed by atoms with van der Waals surface area (Å²) in [5.74, 6) is 0.258. The van der Waals surface area contributed by atoms with Gasteiger partial charge in [0.15, 0.2) is 0 Å². The lowest BCUT2D eigenvalue weighted by molar-refractivity contribution is -0.117. The number of amides is 1. The summed E-state index contributed by atoms with van der Waals surface area (Å²) in [5, 5.41) is 3.71. The lowest BCUT2D eigenvalue weighted by Gasteiger charge is -2.28. The van der Waals surface area contributed by atoms with E-state index in [4.69, 9.17) is 0 Å². The lowest BCUT2D eigenvalue weighted by Crippen LogP contribution is -2.37. The molecule has 1 amide bonds. The number of hydrogen-bond acceptors (Lipinski definition) is 2. The van der Waals surface area contributed by atoms with Gasteiger partial charge in [-0.3, -0.25) is 4.79 Å². The molecule has 2 fully saturated rings. The van der Waals surface area contributed by atoms with Crippen molar-refractivity contribution in [2.24, 2.45) is 5.41 Å². The first-order valence-electron chi connectivity index (χ1n) is 8.19. The molecular formula is C18H26N2O. The number of carbonyl (C=O) groups is 1. The zero-order valence-electron chi connectivity index (χ0n) is 13.2. The molecule has 3 nitrogen and oxygen atoms in total. The number of hydrogen-bond donors (Lipinski definition) is 1. The predicted octanol–water partition coefficient (Wildman–Crippen LogP) is 3.48. The molecule has 2 aliphatic rings. The van der Waals surface area contributed by atoms with E-state index in [9.17, 15) is 4.79 Å². The van der Waals surface area contributed by atoms with E-state index in [0.29, 0.717) is 17.9 Å². The van der Waals surface area contributed by atoms with E-state index >= 15 is 0 Å². The van der Waals surface area contributed by atoms with Crippen molar-refractivity contribution in [2.75, 3.05) is 11.4 Å². The number of benzene rings is 1. The maximum absolute atomic E-state index is 11.7. The van der Waals surface area contributed by atoms with Crippen molar-refractivity contribution in [2.45, 2.75) is 58.5 Å². The van der Waals surface area contributed by atoms with Crippen molar-refractivity contribution in [3.05, 3.63) is 29.8 Å². The third kappa shape index (κ3) is 3.13. The minimum atomic E-state index is 0.258. The van der Waals surface area contributed by atoms with Crippen LogP contribution in [-0.2, 0) is 11.3 Å². The monoisotopic (exact) mass is 286 g/mol. The van der Waals surface area contributed by atoms with E-state index in [0.717, 1.165) is 25.2 Å². The van der Waals surface area contributed by atoms with Crippen molar-refractivity contribution in [1.82, 2.24) is 5.32 Å². The molecule has 0 aromatic heterocycles. The molecule has 3 rings (SSSR count). The van der Waals surface area contributed by atoms with E-state index in [1.165, 1.54) is 24.8 Å². The van der Waals surface area contributed by atoms with Crippen LogP contribution in [-0.4, -0.2) is 18.5 Å². The minimum absolute atomic E-state index is 0.258. The molecule has 1 aromatic carbocycles. The first kappa shape index (κ1) is 14.6. The van der Waals surface area contributed by atoms with Crippen LogP contribution in [0.2, 0.25) is 0 Å². The maximum Gasteiger partial charge on any atom is 0.227 e. The summed E-state index contributed by atoms with van der Waals surface area (Å²) in [6.45, 7) is 6.51. The fraction of sp³-hybridized carbons (Fsp3) is 0.611. The maximum atomic E-state index is 11.7. The van der Waals surface area contributed by atoms with E-state index in [1.54, 1.807) is 0 Å². The molecule has 114 valence electrons. The van der Waals surface area contributed by atoms with E-state index < -0.39 is 0 Å². The molecule has 1 unspecified atom stereocenters. The molecule has 1 atom stereocenters. The SMILES string of the molecule is CC1(C)CCCC1NCc1ccc(N2CCCC2=O)cc1. The van der Waals surface area contributed by atoms with Crippen LogP contribution >= 0.6 is 0 Å². The second-order valence-electron chi connectivity index (χ2n) is 7.13. The van der Waals surface area contributed by atoms with Gasteiger partial charge in [0, 0.05) is 31.2 Å². The van der Waals surface area contributed by atoms with Gasteiger partial charge in [0.25, 0.3) is 0 Å². The summed E-state index contributed by atoms with van der Waals surface area (Å²) in [5.41, 5.74) is 2.76. The molecular weight excluding hydrogens is 260 g/mol. The van der Waals surface area contributed by atoms with Crippen LogP contribution in [0, 0.1) is 5.41 Å². The highest BCUT2D eigenvalue weighted by Crippen LogP contribution is 2.37. The topological polar surface area (TPSA) is 32.3 Å². The van der Waals surface area contributed by atoms with Gasteiger partial charge >= 0.3 is 0 Å². The van der Waals surface area contributed by atoms with Crippen LogP contribution in [0.3, 0.4) is 0 Å². The van der Waals surface area contributed by atoms with Gasteiger partial charge in [-0.25, -0.2) is 0 Å². The van der Waals surface area contributed by atoms with Crippen LogP contribution in [0.15, 0.2) is 24.3 Å². The summed E-state index contributed by atoms with van der Waals surface area (Å²) in [6, 6.07) is 9.09. The Morgan fingerprint density at radius 2 is 2.00 bits per heavy atom. The van der Waals surface area contributed by atoms with Crippen LogP contribution in [0.4, 0.5) is 5.69 Å². The Labute approximate surface area is 127 Å². The van der Waals surface area contributed by atoms with Gasteiger partial charge in [0.2, 0.25) is 5.91 Å². The first-order valence-corrected chi connectivity index (χ1v) is 8.19. The highest BCUT2D eigenvalue weighted by Gasteiger charge is 2.33. The summed E-state index contributed by atoms with van der Waals surface area (Å²) in [4.78, 5) is 13.6. The van der Waals surface area contributed by atoms with Crippen molar-refractivity contribution in [1.29, 1.82) is 0 Å². The molecule has 0 radical (unpaired) electrons. The number of nitrogens with zero attached hydrogens (tertiary/aromatic N) is 1. The fourth-order valence-corrected chi connectivity index (χ4v) is 3.66. The number of anilines is 1. The van der Waals surface area contributed by atoms with Gasteiger partial charge < -0.3 is 10.2 Å². The zero-order valence-corrected chi connectivity index (χ0v) is 13.2. The van der Waals surface area contributed by atoms with Gasteiger partial charge in [-0.1, -0.05) is 32.4 Å². The molecule has 1 saturated heterocycles. The zero-order chi connectivity index (χ0) is 14.9. The van der Waals surface area contributed by atoms with Crippen LogP contribution in [0.5, 0.6) is 0 Å². The Morgan fingerprint density at radius 1 is 1.24 bits per heavy atom. The molecule has 1 heterocycles. The molecule has 21 heavy (non-hydrogen) atoms. The Bertz CT molecular complexity index is 506. The van der Waals surface area contributed by atoms with E-state index in [2.05, 4.69) is 43.4 Å². The summed E-state index contributed by atoms with van der Waals surface area (Å²) in [7, 11) is 0. The van der Waals surface area contributed by atoms with Gasteiger partial charge in [-0.05, 0) is 42.4 Å². The highest BCUT2D eigenvalue weighted by atomic mass is 16.2. The van der Waals surface area contributed by atoms with Gasteiger partial charge in [0.1, 0.15) is 0 Å². The van der Waals surface area contributed by atoms with E-state index in [-0.39, 0.29) is 5.91 Å². The second-order valence-corrected chi connectivity index (χ2v) is 7.13. The summed E-state index contributed by atoms with van der Waals surface area (Å²) >= 11 is 0. The van der Waals surface area contributed by atoms with Crippen LogP contribution in [0.25, 0.3) is 0 Å². The van der Waals surface area contributed by atoms with Crippen molar-refractivity contribution < 1.29 is 4.79 Å². The Kier molecular flexibility index (Phi) is 4.03. The largest absolute Gasteiger partial charge is 0.312 e. The van der Waals surface area contributed by atoms with Crippen molar-refractivity contribution in [3.63, 3.8) is 0 Å². The van der Waals surface area contributed by atoms with Gasteiger partial charge in [-0.15, -0.1) is 0 Å². The Hall–Kier alpha value is -1.35. The van der Waals surface area contributed by atoms with Crippen LogP contribution in [0.1, 0.15) is 51.5 Å². The average Bonchev–Trinajstić information content (AvgIpc) is 3.03. The van der Waals surface area contributed by atoms with Gasteiger partial charge in [-0.2, -0.15) is 0 Å². The molecule has 1 aliphatic carbocycles. The molecule has 1 aliphatic heterocycles. The third-order valence-electron chi connectivity index (χ3n) is 5.13. The third-order valence-corrected chi connectivity index (χ3v) is 5.13. The number of carbonyl (C=O) groups excluding carboxylic acids is 1. The van der Waals surface area contributed by atoms with Crippen molar-refractivity contribution >= 4 is 11.6 Å². The standard InChI is InChI=1S/C18H26N2O/c1-18(2)11-3-5-16(18)19-13-14-7-9-15(10-8-14)20-12-4-6-17(20)21/h7-10,16,19H,3-6,11-13H2,1-2H3. The quantitative estimate of drug-likeness (QED) is 0.919. The van der Waals surface area contributed by atoms with Crippen molar-refractivity contribution in [3.8, 4) is 0 Å². The fourth-order valence-electron chi connectivity index (χ4n) is 3.66. The van der Waals surface area contributed by atoms with E-state index in [1.807, 2.05) is 4.90 Å². The van der Waals surface area contributed by atoms with Gasteiger partial charge in [0.05, 0.1) is 0 Å². The minimum Gasteiger partial charge on any atom is -0.312 e. The smallest absolute Gasteiger partial charge is 0.227 e. The molecule has 1 saturated carbocycles. The average molecular weight is 286 g/mol. The van der Waals surface area contributed by atoms with Crippen LogP contribution < -0.4 is 10.2 Å². The molecule has 0 bridgehead atoms. The Balaban J connectivity index is 1.58. The number of rotatable bonds is 4. The summed E-state index contributed by atoms with van der Waals surface area (Å²) in [6.07, 6.45) is 5.62. The summed E-state index contributed by atoms with van der Waals surface area (Å²) < 4.78 is 0. The molecule has 1 N–H and O–H groups in total. The second kappa shape index (κ2) is 5.80. The normalized spacial score (nSPS) is 24.8. The first-order chi connectivity index (χ1) is 10.1. The predicted molar refractivity (Wildman–Crippen MR) is 86.3 cm³/mol. The lowest BCUT2D eigenvalue weighted by atomic mass is 9.87.